The van der Waals surface area contributed by atoms with Gasteiger partial charge in [-0.3, -0.25) is 5.32 Å². The van der Waals surface area contributed by atoms with E-state index in [1.54, 1.807) is 0 Å². The van der Waals surface area contributed by atoms with Gasteiger partial charge in [-0.1, -0.05) is 5.57 Å². The first-order chi connectivity index (χ1) is 6.88. The standard InChI is InChI=1S/C12H21NO2/c1-9-7-5-6-8-10(9)13-11(14)15-12(2,3)4/h5-8H2,1-4H3,(H,13,14). The molecule has 86 valence electrons. The molecule has 1 rings (SSSR count). The summed E-state index contributed by atoms with van der Waals surface area (Å²) < 4.78 is 5.20. The van der Waals surface area contributed by atoms with Gasteiger partial charge >= 0.3 is 6.09 Å². The zero-order chi connectivity index (χ0) is 11.5. The van der Waals surface area contributed by atoms with Gasteiger partial charge in [0.15, 0.2) is 0 Å². The molecule has 1 aliphatic rings. The molecule has 1 N–H and O–H groups in total. The first-order valence-electron chi connectivity index (χ1n) is 5.57. The molecule has 0 saturated heterocycles. The van der Waals surface area contributed by atoms with Gasteiger partial charge in [0, 0.05) is 5.70 Å². The normalized spacial score (nSPS) is 17.6. The highest BCUT2D eigenvalue weighted by atomic mass is 16.6. The average molecular weight is 211 g/mol. The second-order valence-corrected chi connectivity index (χ2v) is 5.09. The van der Waals surface area contributed by atoms with Crippen molar-refractivity contribution in [2.45, 2.75) is 59.0 Å². The lowest BCUT2D eigenvalue weighted by Gasteiger charge is -2.23. The lowest BCUT2D eigenvalue weighted by Crippen LogP contribution is -2.33. The molecule has 0 spiro atoms. The molecule has 1 aliphatic carbocycles. The smallest absolute Gasteiger partial charge is 0.411 e. The predicted molar refractivity (Wildman–Crippen MR) is 60.5 cm³/mol. The number of carbonyl (C=O) groups is 1. The highest BCUT2D eigenvalue weighted by molar-refractivity contribution is 5.70. The second kappa shape index (κ2) is 4.69. The molecular formula is C12H21NO2. The Hall–Kier alpha value is -0.990. The van der Waals surface area contributed by atoms with Gasteiger partial charge in [-0.05, 0) is 53.4 Å². The van der Waals surface area contributed by atoms with Crippen molar-refractivity contribution in [3.8, 4) is 0 Å². The number of alkyl carbamates (subject to hydrolysis) is 1. The summed E-state index contributed by atoms with van der Waals surface area (Å²) in [6.45, 7) is 7.68. The van der Waals surface area contributed by atoms with Crippen molar-refractivity contribution in [3.63, 3.8) is 0 Å². The van der Waals surface area contributed by atoms with Gasteiger partial charge in [0.05, 0.1) is 0 Å². The molecule has 0 bridgehead atoms. The number of rotatable bonds is 1. The highest BCUT2D eigenvalue weighted by Gasteiger charge is 2.18. The van der Waals surface area contributed by atoms with Gasteiger partial charge in [0.2, 0.25) is 0 Å². The summed E-state index contributed by atoms with van der Waals surface area (Å²) >= 11 is 0. The van der Waals surface area contributed by atoms with Crippen LogP contribution in [-0.4, -0.2) is 11.7 Å². The maximum atomic E-state index is 11.5. The molecule has 0 aromatic rings. The van der Waals surface area contributed by atoms with Crippen molar-refractivity contribution < 1.29 is 9.53 Å². The van der Waals surface area contributed by atoms with Crippen molar-refractivity contribution in [1.29, 1.82) is 0 Å². The molecule has 0 aliphatic heterocycles. The van der Waals surface area contributed by atoms with Gasteiger partial charge in [0.25, 0.3) is 0 Å². The van der Waals surface area contributed by atoms with Crippen LogP contribution in [0.2, 0.25) is 0 Å². The zero-order valence-electron chi connectivity index (χ0n) is 10.1. The molecular weight excluding hydrogens is 190 g/mol. The monoisotopic (exact) mass is 211 g/mol. The molecule has 1 amide bonds. The third kappa shape index (κ3) is 4.36. The highest BCUT2D eigenvalue weighted by Crippen LogP contribution is 2.22. The minimum atomic E-state index is -0.423. The van der Waals surface area contributed by atoms with E-state index in [-0.39, 0.29) is 6.09 Å². The van der Waals surface area contributed by atoms with E-state index in [0.717, 1.165) is 25.0 Å². The van der Waals surface area contributed by atoms with Gasteiger partial charge in [-0.2, -0.15) is 0 Å². The van der Waals surface area contributed by atoms with Crippen LogP contribution in [0.5, 0.6) is 0 Å². The van der Waals surface area contributed by atoms with Crippen molar-refractivity contribution >= 4 is 6.09 Å². The number of hydrogen-bond acceptors (Lipinski definition) is 2. The summed E-state index contributed by atoms with van der Waals surface area (Å²) in [5.41, 5.74) is 1.91. The summed E-state index contributed by atoms with van der Waals surface area (Å²) in [6, 6.07) is 0. The number of allylic oxidation sites excluding steroid dienone is 2. The van der Waals surface area contributed by atoms with E-state index < -0.39 is 5.60 Å². The summed E-state index contributed by atoms with van der Waals surface area (Å²) in [5.74, 6) is 0. The Morgan fingerprint density at radius 2 is 1.87 bits per heavy atom. The Balaban J connectivity index is 2.51. The third-order valence-electron chi connectivity index (χ3n) is 2.40. The number of nitrogens with one attached hydrogen (secondary N) is 1. The van der Waals surface area contributed by atoms with Crippen LogP contribution in [0.15, 0.2) is 11.3 Å². The maximum absolute atomic E-state index is 11.5. The molecule has 0 aromatic heterocycles. The number of carbonyl (C=O) groups excluding carboxylic acids is 1. The Morgan fingerprint density at radius 3 is 2.40 bits per heavy atom. The number of ether oxygens (including phenoxy) is 1. The molecule has 0 radical (unpaired) electrons. The number of amides is 1. The van der Waals surface area contributed by atoms with Gasteiger partial charge < -0.3 is 4.74 Å². The van der Waals surface area contributed by atoms with Crippen LogP contribution in [0.3, 0.4) is 0 Å². The molecule has 0 heterocycles. The fraction of sp³-hybridized carbons (Fsp3) is 0.750. The molecule has 0 aromatic carbocycles. The average Bonchev–Trinajstić information content (AvgIpc) is 2.05. The predicted octanol–water partition coefficient (Wildman–Crippen LogP) is 3.36. The summed E-state index contributed by atoms with van der Waals surface area (Å²) in [4.78, 5) is 11.5. The zero-order valence-corrected chi connectivity index (χ0v) is 10.1. The molecule has 3 heteroatoms. The van der Waals surface area contributed by atoms with Crippen molar-refractivity contribution in [1.82, 2.24) is 5.32 Å². The van der Waals surface area contributed by atoms with E-state index in [4.69, 9.17) is 4.74 Å². The Labute approximate surface area is 91.9 Å². The van der Waals surface area contributed by atoms with Crippen LogP contribution in [0.1, 0.15) is 53.4 Å². The van der Waals surface area contributed by atoms with Crippen LogP contribution in [0.25, 0.3) is 0 Å². The van der Waals surface area contributed by atoms with E-state index in [9.17, 15) is 4.79 Å². The van der Waals surface area contributed by atoms with Crippen molar-refractivity contribution in [2.75, 3.05) is 0 Å². The maximum Gasteiger partial charge on any atom is 0.411 e. The summed E-state index contributed by atoms with van der Waals surface area (Å²) in [7, 11) is 0. The Bertz CT molecular complexity index is 274. The largest absolute Gasteiger partial charge is 0.444 e. The lowest BCUT2D eigenvalue weighted by atomic mass is 9.98. The van der Waals surface area contributed by atoms with Crippen LogP contribution >= 0.6 is 0 Å². The topological polar surface area (TPSA) is 38.3 Å². The van der Waals surface area contributed by atoms with Crippen LogP contribution < -0.4 is 5.32 Å². The molecule has 3 nitrogen and oxygen atoms in total. The molecule has 0 atom stereocenters. The van der Waals surface area contributed by atoms with Crippen molar-refractivity contribution in [2.24, 2.45) is 0 Å². The van der Waals surface area contributed by atoms with Crippen LogP contribution in [0.4, 0.5) is 4.79 Å². The van der Waals surface area contributed by atoms with E-state index in [2.05, 4.69) is 12.2 Å². The van der Waals surface area contributed by atoms with Gasteiger partial charge in [-0.25, -0.2) is 4.79 Å². The van der Waals surface area contributed by atoms with Crippen LogP contribution in [0, 0.1) is 0 Å². The van der Waals surface area contributed by atoms with E-state index in [1.807, 2.05) is 20.8 Å². The molecule has 0 saturated carbocycles. The third-order valence-corrected chi connectivity index (χ3v) is 2.40. The van der Waals surface area contributed by atoms with E-state index >= 15 is 0 Å². The quantitative estimate of drug-likeness (QED) is 0.722. The first-order valence-corrected chi connectivity index (χ1v) is 5.57. The van der Waals surface area contributed by atoms with Gasteiger partial charge in [-0.15, -0.1) is 0 Å². The van der Waals surface area contributed by atoms with Crippen molar-refractivity contribution in [3.05, 3.63) is 11.3 Å². The fourth-order valence-corrected chi connectivity index (χ4v) is 1.65. The fourth-order valence-electron chi connectivity index (χ4n) is 1.65. The lowest BCUT2D eigenvalue weighted by molar-refractivity contribution is 0.0542. The molecule has 0 unspecified atom stereocenters. The number of hydrogen-bond donors (Lipinski definition) is 1. The van der Waals surface area contributed by atoms with E-state index in [0.29, 0.717) is 0 Å². The van der Waals surface area contributed by atoms with E-state index in [1.165, 1.54) is 12.0 Å². The summed E-state index contributed by atoms with van der Waals surface area (Å²) in [5, 5.41) is 2.84. The molecule has 0 fully saturated rings. The second-order valence-electron chi connectivity index (χ2n) is 5.09. The molecule has 15 heavy (non-hydrogen) atoms. The minimum Gasteiger partial charge on any atom is -0.444 e. The van der Waals surface area contributed by atoms with Crippen LogP contribution in [-0.2, 0) is 4.74 Å². The summed E-state index contributed by atoms with van der Waals surface area (Å²) in [6.07, 6.45) is 4.10. The SMILES string of the molecule is CC1=C(NC(=O)OC(C)(C)C)CCCC1. The Morgan fingerprint density at radius 1 is 1.27 bits per heavy atom. The Kier molecular flexibility index (Phi) is 3.77. The van der Waals surface area contributed by atoms with Gasteiger partial charge in [0.1, 0.15) is 5.60 Å². The first kappa shape index (κ1) is 12.1. The minimum absolute atomic E-state index is 0.334.